The molecule has 1 aliphatic rings. The van der Waals surface area contributed by atoms with E-state index >= 15 is 0 Å². The summed E-state index contributed by atoms with van der Waals surface area (Å²) in [7, 11) is 0. The zero-order valence-corrected chi connectivity index (χ0v) is 29.8. The molecular formula is C53H36. The fourth-order valence-corrected chi connectivity index (χ4v) is 9.36. The Bertz CT molecular complexity index is 3140. The lowest BCUT2D eigenvalue weighted by Gasteiger charge is -2.22. The molecule has 0 heterocycles. The minimum absolute atomic E-state index is 0.0196. The molecule has 0 nitrogen and oxygen atoms in total. The number of rotatable bonds is 3. The van der Waals surface area contributed by atoms with Crippen LogP contribution in [0, 0.1) is 0 Å². The Balaban J connectivity index is 1.04. The van der Waals surface area contributed by atoms with Crippen LogP contribution in [0.2, 0.25) is 0 Å². The van der Waals surface area contributed by atoms with Crippen LogP contribution in [-0.4, -0.2) is 0 Å². The first-order valence-electron chi connectivity index (χ1n) is 18.7. The average molecular weight is 673 g/mol. The molecule has 0 N–H and O–H groups in total. The highest BCUT2D eigenvalue weighted by molar-refractivity contribution is 6.33. The third-order valence-corrected chi connectivity index (χ3v) is 12.0. The lowest BCUT2D eigenvalue weighted by atomic mass is 9.81. The van der Waals surface area contributed by atoms with Gasteiger partial charge in [-0.1, -0.05) is 166 Å². The van der Waals surface area contributed by atoms with Gasteiger partial charge in [-0.2, -0.15) is 0 Å². The van der Waals surface area contributed by atoms with Crippen molar-refractivity contribution in [1.29, 1.82) is 0 Å². The fraction of sp³-hybridized carbons (Fsp3) is 0.0566. The lowest BCUT2D eigenvalue weighted by Crippen LogP contribution is -2.14. The first kappa shape index (κ1) is 30.2. The van der Waals surface area contributed by atoms with E-state index in [-0.39, 0.29) is 5.41 Å². The van der Waals surface area contributed by atoms with Crippen LogP contribution >= 0.6 is 0 Å². The molecule has 0 radical (unpaired) electrons. The molecule has 0 bridgehead atoms. The third-order valence-electron chi connectivity index (χ3n) is 12.0. The zero-order valence-electron chi connectivity index (χ0n) is 29.8. The largest absolute Gasteiger partial charge is 0.0619 e. The summed E-state index contributed by atoms with van der Waals surface area (Å²) in [6, 6.07) is 68.0. The minimum Gasteiger partial charge on any atom is -0.0619 e. The van der Waals surface area contributed by atoms with Crippen molar-refractivity contribution in [3.63, 3.8) is 0 Å². The Kier molecular flexibility index (Phi) is 6.40. The SMILES string of the molecule is CC1(C)c2ccccc2-c2ccc(-c3ccc4ccc(-c5cccc(-c6cc7c8ccccc8c8ccccc8c7c7ccccc67)c5)cc4c3)cc21. The lowest BCUT2D eigenvalue weighted by molar-refractivity contribution is 0.660. The first-order chi connectivity index (χ1) is 26.0. The average Bonchev–Trinajstić information content (AvgIpc) is 3.45. The molecule has 0 unspecified atom stereocenters. The van der Waals surface area contributed by atoms with Gasteiger partial charge in [0.05, 0.1) is 0 Å². The van der Waals surface area contributed by atoms with Gasteiger partial charge >= 0.3 is 0 Å². The van der Waals surface area contributed by atoms with E-state index in [1.807, 2.05) is 0 Å². The van der Waals surface area contributed by atoms with Gasteiger partial charge in [-0.05, 0) is 140 Å². The first-order valence-corrected chi connectivity index (χ1v) is 18.7. The molecule has 248 valence electrons. The highest BCUT2D eigenvalue weighted by Gasteiger charge is 2.35. The molecule has 11 rings (SSSR count). The molecule has 0 heteroatoms. The molecule has 0 spiro atoms. The van der Waals surface area contributed by atoms with Crippen molar-refractivity contribution in [2.75, 3.05) is 0 Å². The summed E-state index contributed by atoms with van der Waals surface area (Å²) in [6.07, 6.45) is 0. The number of hydrogen-bond acceptors (Lipinski definition) is 0. The standard InChI is InChI=1S/C53H36/c1-53(2)50-21-10-9-18-44(50)45-27-26-37(31-51(45)53)36-25-23-33-22-24-35(29-39(33)30-36)34-12-11-13-38(28-34)48-32-49-42-16-4-3-14-40(42)41-15-5-7-19-46(41)52(49)47-20-8-6-17-43(47)48/h3-32H,1-2H3. The van der Waals surface area contributed by atoms with Crippen LogP contribution in [-0.2, 0) is 5.41 Å². The fourth-order valence-electron chi connectivity index (χ4n) is 9.36. The second-order valence-corrected chi connectivity index (χ2v) is 15.3. The summed E-state index contributed by atoms with van der Waals surface area (Å²) in [5, 5.41) is 12.9. The van der Waals surface area contributed by atoms with Crippen molar-refractivity contribution in [3.8, 4) is 44.5 Å². The molecule has 10 aromatic rings. The maximum absolute atomic E-state index is 2.44. The Morgan fingerprint density at radius 2 is 0.792 bits per heavy atom. The highest BCUT2D eigenvalue weighted by atomic mass is 14.4. The Labute approximate surface area is 309 Å². The van der Waals surface area contributed by atoms with Gasteiger partial charge in [-0.15, -0.1) is 0 Å². The molecular weight excluding hydrogens is 637 g/mol. The highest BCUT2D eigenvalue weighted by Crippen LogP contribution is 2.50. The van der Waals surface area contributed by atoms with E-state index in [2.05, 4.69) is 196 Å². The topological polar surface area (TPSA) is 0 Å². The van der Waals surface area contributed by atoms with Crippen LogP contribution in [0.4, 0.5) is 0 Å². The normalized spacial score (nSPS) is 13.2. The van der Waals surface area contributed by atoms with E-state index in [9.17, 15) is 0 Å². The predicted octanol–water partition coefficient (Wildman–Crippen LogP) is 14.8. The molecule has 0 atom stereocenters. The van der Waals surface area contributed by atoms with E-state index < -0.39 is 0 Å². The van der Waals surface area contributed by atoms with Gasteiger partial charge in [0.25, 0.3) is 0 Å². The molecule has 0 amide bonds. The van der Waals surface area contributed by atoms with Crippen LogP contribution in [0.5, 0.6) is 0 Å². The summed E-state index contributed by atoms with van der Waals surface area (Å²) in [5.74, 6) is 0. The molecule has 0 saturated heterocycles. The third kappa shape index (κ3) is 4.49. The maximum atomic E-state index is 2.44. The van der Waals surface area contributed by atoms with Crippen LogP contribution in [0.3, 0.4) is 0 Å². The van der Waals surface area contributed by atoms with Crippen LogP contribution < -0.4 is 0 Å². The summed E-state index contributed by atoms with van der Waals surface area (Å²) < 4.78 is 0. The summed E-state index contributed by atoms with van der Waals surface area (Å²) in [6.45, 7) is 4.71. The summed E-state index contributed by atoms with van der Waals surface area (Å²) in [4.78, 5) is 0. The number of benzene rings is 10. The van der Waals surface area contributed by atoms with Crippen molar-refractivity contribution in [3.05, 3.63) is 193 Å². The van der Waals surface area contributed by atoms with E-state index in [4.69, 9.17) is 0 Å². The van der Waals surface area contributed by atoms with Crippen molar-refractivity contribution < 1.29 is 0 Å². The zero-order chi connectivity index (χ0) is 35.3. The van der Waals surface area contributed by atoms with E-state index in [0.717, 1.165) is 0 Å². The van der Waals surface area contributed by atoms with Crippen molar-refractivity contribution in [2.45, 2.75) is 19.3 Å². The molecule has 10 aromatic carbocycles. The van der Waals surface area contributed by atoms with E-state index in [0.29, 0.717) is 0 Å². The molecule has 53 heavy (non-hydrogen) atoms. The minimum atomic E-state index is -0.0196. The van der Waals surface area contributed by atoms with Gasteiger partial charge in [0.15, 0.2) is 0 Å². The monoisotopic (exact) mass is 672 g/mol. The quantitative estimate of drug-likeness (QED) is 0.164. The Morgan fingerprint density at radius 1 is 0.283 bits per heavy atom. The van der Waals surface area contributed by atoms with Gasteiger partial charge in [0.1, 0.15) is 0 Å². The second kappa shape index (κ2) is 11.2. The van der Waals surface area contributed by atoms with E-state index in [1.165, 1.54) is 109 Å². The van der Waals surface area contributed by atoms with Crippen molar-refractivity contribution >= 4 is 53.9 Å². The summed E-state index contributed by atoms with van der Waals surface area (Å²) >= 11 is 0. The molecule has 0 saturated carbocycles. The Hall–Kier alpha value is -6.50. The van der Waals surface area contributed by atoms with Crippen LogP contribution in [0.25, 0.3) is 98.4 Å². The van der Waals surface area contributed by atoms with Gasteiger partial charge in [-0.3, -0.25) is 0 Å². The van der Waals surface area contributed by atoms with Crippen molar-refractivity contribution in [1.82, 2.24) is 0 Å². The van der Waals surface area contributed by atoms with Crippen molar-refractivity contribution in [2.24, 2.45) is 0 Å². The maximum Gasteiger partial charge on any atom is 0.0159 e. The number of hydrogen-bond donors (Lipinski definition) is 0. The second-order valence-electron chi connectivity index (χ2n) is 15.3. The molecule has 0 aliphatic heterocycles. The number of fused-ring (bicyclic) bond motifs is 12. The Morgan fingerprint density at radius 3 is 1.53 bits per heavy atom. The van der Waals surface area contributed by atoms with Gasteiger partial charge in [0, 0.05) is 5.41 Å². The summed E-state index contributed by atoms with van der Waals surface area (Å²) in [5.41, 5.74) is 13.0. The molecule has 1 aliphatic carbocycles. The van der Waals surface area contributed by atoms with Gasteiger partial charge in [0.2, 0.25) is 0 Å². The smallest absolute Gasteiger partial charge is 0.0159 e. The molecule has 0 fully saturated rings. The van der Waals surface area contributed by atoms with Crippen LogP contribution in [0.1, 0.15) is 25.0 Å². The van der Waals surface area contributed by atoms with Gasteiger partial charge < -0.3 is 0 Å². The van der Waals surface area contributed by atoms with Gasteiger partial charge in [-0.25, -0.2) is 0 Å². The molecule has 0 aromatic heterocycles. The van der Waals surface area contributed by atoms with E-state index in [1.54, 1.807) is 0 Å². The van der Waals surface area contributed by atoms with Crippen LogP contribution in [0.15, 0.2) is 182 Å². The predicted molar refractivity (Wildman–Crippen MR) is 228 cm³/mol.